The number of benzene rings is 1. The molecule has 19 heavy (non-hydrogen) atoms. The van der Waals surface area contributed by atoms with E-state index in [0.717, 1.165) is 16.7 Å². The lowest BCUT2D eigenvalue weighted by Gasteiger charge is -2.10. The van der Waals surface area contributed by atoms with Crippen molar-refractivity contribution in [2.75, 3.05) is 0 Å². The lowest BCUT2D eigenvalue weighted by molar-refractivity contribution is 0.0987. The lowest BCUT2D eigenvalue weighted by atomic mass is 9.95. The molecule has 0 spiro atoms. The van der Waals surface area contributed by atoms with Crippen LogP contribution in [0.25, 0.3) is 0 Å². The summed E-state index contributed by atoms with van der Waals surface area (Å²) in [4.78, 5) is 20.5. The summed E-state index contributed by atoms with van der Waals surface area (Å²) in [7, 11) is 0. The molecule has 2 rings (SSSR count). The number of Topliss-reactive ketones (excluding diaryl/α,β-unsaturated/α-hetero) is 1. The van der Waals surface area contributed by atoms with Crippen LogP contribution in [0.1, 0.15) is 38.6 Å². The molecule has 2 aromatic rings. The SMILES string of the molecule is Cc1cc(C)c(CC(=O)c2ccnc(C)n2)c(C)c1. The van der Waals surface area contributed by atoms with Crippen molar-refractivity contribution in [3.8, 4) is 0 Å². The molecule has 0 atom stereocenters. The summed E-state index contributed by atoms with van der Waals surface area (Å²) < 4.78 is 0. The van der Waals surface area contributed by atoms with Crippen LogP contribution in [0.5, 0.6) is 0 Å². The molecule has 0 saturated heterocycles. The number of ketones is 1. The molecule has 0 amide bonds. The zero-order valence-electron chi connectivity index (χ0n) is 11.8. The highest BCUT2D eigenvalue weighted by Crippen LogP contribution is 2.18. The van der Waals surface area contributed by atoms with Gasteiger partial charge in [-0.1, -0.05) is 17.7 Å². The third-order valence-corrected chi connectivity index (χ3v) is 3.24. The van der Waals surface area contributed by atoms with Gasteiger partial charge in [-0.05, 0) is 50.5 Å². The van der Waals surface area contributed by atoms with Crippen molar-refractivity contribution < 1.29 is 4.79 Å². The van der Waals surface area contributed by atoms with Gasteiger partial charge in [-0.25, -0.2) is 9.97 Å². The van der Waals surface area contributed by atoms with Gasteiger partial charge < -0.3 is 0 Å². The Hall–Kier alpha value is -2.03. The van der Waals surface area contributed by atoms with E-state index in [4.69, 9.17) is 0 Å². The number of nitrogens with zero attached hydrogens (tertiary/aromatic N) is 2. The van der Waals surface area contributed by atoms with Gasteiger partial charge in [0, 0.05) is 12.6 Å². The first-order valence-electron chi connectivity index (χ1n) is 6.37. The fourth-order valence-corrected chi connectivity index (χ4v) is 2.35. The van der Waals surface area contributed by atoms with E-state index in [1.54, 1.807) is 19.2 Å². The molecule has 3 heteroatoms. The van der Waals surface area contributed by atoms with Crippen LogP contribution in [-0.2, 0) is 6.42 Å². The lowest BCUT2D eigenvalue weighted by Crippen LogP contribution is -2.09. The Kier molecular flexibility index (Phi) is 3.74. The van der Waals surface area contributed by atoms with Gasteiger partial charge in [-0.15, -0.1) is 0 Å². The molecule has 1 heterocycles. The highest BCUT2D eigenvalue weighted by Gasteiger charge is 2.12. The third kappa shape index (κ3) is 3.05. The zero-order valence-corrected chi connectivity index (χ0v) is 11.8. The molecule has 0 radical (unpaired) electrons. The van der Waals surface area contributed by atoms with E-state index in [1.807, 2.05) is 13.8 Å². The minimum Gasteiger partial charge on any atom is -0.292 e. The number of aromatic nitrogens is 2. The van der Waals surface area contributed by atoms with E-state index >= 15 is 0 Å². The van der Waals surface area contributed by atoms with Crippen LogP contribution in [0.3, 0.4) is 0 Å². The predicted octanol–water partition coefficient (Wildman–Crippen LogP) is 3.14. The predicted molar refractivity (Wildman–Crippen MR) is 75.5 cm³/mol. The van der Waals surface area contributed by atoms with Crippen molar-refractivity contribution in [3.63, 3.8) is 0 Å². The standard InChI is InChI=1S/C16H18N2O/c1-10-7-11(2)14(12(3)8-10)9-16(19)15-5-6-17-13(4)18-15/h5-8H,9H2,1-4H3. The second kappa shape index (κ2) is 5.31. The molecule has 1 aromatic heterocycles. The average molecular weight is 254 g/mol. The summed E-state index contributed by atoms with van der Waals surface area (Å²) in [6, 6.07) is 5.90. The van der Waals surface area contributed by atoms with E-state index in [0.29, 0.717) is 17.9 Å². The minimum absolute atomic E-state index is 0.0422. The van der Waals surface area contributed by atoms with Gasteiger partial charge >= 0.3 is 0 Å². The summed E-state index contributed by atoms with van der Waals surface area (Å²) in [5, 5.41) is 0. The van der Waals surface area contributed by atoms with Crippen LogP contribution >= 0.6 is 0 Å². The number of carbonyl (C=O) groups excluding carboxylic acids is 1. The normalized spacial score (nSPS) is 10.5. The van der Waals surface area contributed by atoms with E-state index < -0.39 is 0 Å². The van der Waals surface area contributed by atoms with E-state index in [2.05, 4.69) is 29.0 Å². The van der Waals surface area contributed by atoms with Crippen LogP contribution in [0, 0.1) is 27.7 Å². The highest BCUT2D eigenvalue weighted by atomic mass is 16.1. The molecule has 3 nitrogen and oxygen atoms in total. The molecule has 0 unspecified atom stereocenters. The van der Waals surface area contributed by atoms with Gasteiger partial charge in [0.05, 0.1) is 0 Å². The first-order valence-corrected chi connectivity index (χ1v) is 6.37. The number of rotatable bonds is 3. The molecule has 1 aromatic carbocycles. The molecular weight excluding hydrogens is 236 g/mol. The van der Waals surface area contributed by atoms with Gasteiger partial charge in [0.15, 0.2) is 5.78 Å². The Balaban J connectivity index is 2.29. The first-order chi connectivity index (χ1) is 8.97. The van der Waals surface area contributed by atoms with Crippen molar-refractivity contribution in [2.24, 2.45) is 0 Å². The Morgan fingerprint density at radius 1 is 1.11 bits per heavy atom. The van der Waals surface area contributed by atoms with Crippen LogP contribution < -0.4 is 0 Å². The largest absolute Gasteiger partial charge is 0.292 e. The second-order valence-corrected chi connectivity index (χ2v) is 4.97. The highest BCUT2D eigenvalue weighted by molar-refractivity contribution is 5.96. The molecule has 0 aliphatic rings. The van der Waals surface area contributed by atoms with Crippen LogP contribution in [0.15, 0.2) is 24.4 Å². The van der Waals surface area contributed by atoms with E-state index in [1.165, 1.54) is 5.56 Å². The van der Waals surface area contributed by atoms with Crippen LogP contribution in [0.4, 0.5) is 0 Å². The Morgan fingerprint density at radius 2 is 1.74 bits per heavy atom. The van der Waals surface area contributed by atoms with Crippen molar-refractivity contribution in [3.05, 3.63) is 58.2 Å². The fourth-order valence-electron chi connectivity index (χ4n) is 2.35. The molecule has 0 bridgehead atoms. The van der Waals surface area contributed by atoms with Crippen molar-refractivity contribution >= 4 is 5.78 Å². The van der Waals surface area contributed by atoms with Gasteiger partial charge in [-0.2, -0.15) is 0 Å². The summed E-state index contributed by atoms with van der Waals surface area (Å²) in [5.74, 6) is 0.670. The quantitative estimate of drug-likeness (QED) is 0.790. The Bertz CT molecular complexity index is 609. The maximum absolute atomic E-state index is 12.3. The Morgan fingerprint density at radius 3 is 2.32 bits per heavy atom. The van der Waals surface area contributed by atoms with Crippen molar-refractivity contribution in [2.45, 2.75) is 34.1 Å². The monoisotopic (exact) mass is 254 g/mol. The van der Waals surface area contributed by atoms with Crippen molar-refractivity contribution in [1.29, 1.82) is 0 Å². The van der Waals surface area contributed by atoms with Gasteiger partial charge in [-0.3, -0.25) is 4.79 Å². The molecule has 0 aliphatic heterocycles. The molecule has 0 N–H and O–H groups in total. The van der Waals surface area contributed by atoms with Crippen molar-refractivity contribution in [1.82, 2.24) is 9.97 Å². The van der Waals surface area contributed by atoms with Crippen LogP contribution in [-0.4, -0.2) is 15.8 Å². The molecule has 0 saturated carbocycles. The third-order valence-electron chi connectivity index (χ3n) is 3.24. The maximum Gasteiger partial charge on any atom is 0.185 e. The summed E-state index contributed by atoms with van der Waals surface area (Å²) >= 11 is 0. The fraction of sp³-hybridized carbons (Fsp3) is 0.312. The van der Waals surface area contributed by atoms with Gasteiger partial charge in [0.2, 0.25) is 0 Å². The van der Waals surface area contributed by atoms with Gasteiger partial charge in [0.25, 0.3) is 0 Å². The number of aryl methyl sites for hydroxylation is 4. The number of carbonyl (C=O) groups is 1. The minimum atomic E-state index is 0.0422. The second-order valence-electron chi connectivity index (χ2n) is 4.97. The van der Waals surface area contributed by atoms with Gasteiger partial charge in [0.1, 0.15) is 11.5 Å². The topological polar surface area (TPSA) is 42.9 Å². The number of hydrogen-bond donors (Lipinski definition) is 0. The summed E-state index contributed by atoms with van der Waals surface area (Å²) in [6.45, 7) is 7.96. The number of hydrogen-bond acceptors (Lipinski definition) is 3. The van der Waals surface area contributed by atoms with E-state index in [9.17, 15) is 4.79 Å². The first kappa shape index (κ1) is 13.4. The molecule has 0 fully saturated rings. The molecule has 0 aliphatic carbocycles. The zero-order chi connectivity index (χ0) is 14.0. The molecule has 98 valence electrons. The summed E-state index contributed by atoms with van der Waals surface area (Å²) in [6.07, 6.45) is 2.03. The average Bonchev–Trinajstić information content (AvgIpc) is 2.33. The Labute approximate surface area is 113 Å². The summed E-state index contributed by atoms with van der Waals surface area (Å²) in [5.41, 5.74) is 5.15. The maximum atomic E-state index is 12.3. The molecular formula is C16H18N2O. The van der Waals surface area contributed by atoms with E-state index in [-0.39, 0.29) is 5.78 Å². The smallest absolute Gasteiger partial charge is 0.185 e. The van der Waals surface area contributed by atoms with Crippen LogP contribution in [0.2, 0.25) is 0 Å².